The van der Waals surface area contributed by atoms with Gasteiger partial charge in [0.25, 0.3) is 0 Å². The highest BCUT2D eigenvalue weighted by Gasteiger charge is 2.22. The van der Waals surface area contributed by atoms with Crippen molar-refractivity contribution in [3.05, 3.63) is 72.3 Å². The molecule has 0 unspecified atom stereocenters. The van der Waals surface area contributed by atoms with Crippen LogP contribution in [0.3, 0.4) is 0 Å². The zero-order valence-corrected chi connectivity index (χ0v) is 20.4. The molecular weight excluding hydrogens is 422 g/mol. The van der Waals surface area contributed by atoms with Crippen molar-refractivity contribution in [3.63, 3.8) is 0 Å². The van der Waals surface area contributed by atoms with E-state index >= 15 is 0 Å². The Kier molecular flexibility index (Phi) is 8.88. The first-order chi connectivity index (χ1) is 16.7. The highest BCUT2D eigenvalue weighted by atomic mass is 16.5. The first-order valence-corrected chi connectivity index (χ1v) is 12.4. The largest absolute Gasteiger partial charge is 0.373 e. The molecule has 2 N–H and O–H groups in total. The van der Waals surface area contributed by atoms with Crippen LogP contribution >= 0.6 is 0 Å². The topological polar surface area (TPSA) is 62.3 Å². The normalized spacial score (nSPS) is 18.4. The van der Waals surface area contributed by atoms with Gasteiger partial charge in [0.1, 0.15) is 5.82 Å². The molecule has 1 saturated carbocycles. The molecule has 0 spiro atoms. The third-order valence-electron chi connectivity index (χ3n) is 6.37. The predicted molar refractivity (Wildman–Crippen MR) is 141 cm³/mol. The summed E-state index contributed by atoms with van der Waals surface area (Å²) in [6, 6.07) is 18.9. The lowest BCUT2D eigenvalue weighted by molar-refractivity contribution is 0.148. The zero-order valence-electron chi connectivity index (χ0n) is 20.4. The van der Waals surface area contributed by atoms with E-state index in [1.165, 1.54) is 18.4 Å². The second-order valence-electron chi connectivity index (χ2n) is 9.27. The van der Waals surface area contributed by atoms with Crippen LogP contribution in [0.15, 0.2) is 66.7 Å². The summed E-state index contributed by atoms with van der Waals surface area (Å²) < 4.78 is 5.69. The maximum absolute atomic E-state index is 5.69. The number of rotatable bonds is 11. The number of hydrogen-bond acceptors (Lipinski definition) is 6. The van der Waals surface area contributed by atoms with Crippen LogP contribution in [-0.4, -0.2) is 49.8 Å². The van der Waals surface area contributed by atoms with Crippen LogP contribution in [0, 0.1) is 5.92 Å². The van der Waals surface area contributed by atoms with Crippen LogP contribution in [0.4, 0.5) is 11.8 Å². The number of nitrogens with one attached hydrogen (secondary N) is 2. The summed E-state index contributed by atoms with van der Waals surface area (Å²) in [5.74, 6) is 2.43. The lowest BCUT2D eigenvalue weighted by Crippen LogP contribution is -2.32. The molecule has 1 aliphatic rings. The van der Waals surface area contributed by atoms with Crippen molar-refractivity contribution in [1.82, 2.24) is 15.3 Å². The van der Waals surface area contributed by atoms with Gasteiger partial charge in [-0.3, -0.25) is 0 Å². The minimum absolute atomic E-state index is 0.439. The van der Waals surface area contributed by atoms with Gasteiger partial charge in [-0.2, -0.15) is 4.98 Å². The van der Waals surface area contributed by atoms with Crippen LogP contribution in [0.25, 0.3) is 10.9 Å². The number of benzene rings is 2. The van der Waals surface area contributed by atoms with Gasteiger partial charge in [-0.1, -0.05) is 54.6 Å². The standard InChI is InChI=1S/C28H37N5O/c1-33(2)27-25-12-6-7-13-26(25)31-28(32-27)30-24-16-14-22(15-17-24)20-29-18-8-9-19-34-21-23-10-4-3-5-11-23/h3-13,22,24,29H,14-21H2,1-2H3,(H,30,31,32)/b9-8-. The zero-order chi connectivity index (χ0) is 23.6. The molecule has 180 valence electrons. The fraction of sp³-hybridized carbons (Fsp3) is 0.429. The second kappa shape index (κ2) is 12.5. The van der Waals surface area contributed by atoms with Crippen LogP contribution in [0.1, 0.15) is 31.2 Å². The van der Waals surface area contributed by atoms with Gasteiger partial charge < -0.3 is 20.3 Å². The molecule has 0 amide bonds. The fourth-order valence-corrected chi connectivity index (χ4v) is 4.50. The van der Waals surface area contributed by atoms with Gasteiger partial charge in [-0.25, -0.2) is 4.98 Å². The van der Waals surface area contributed by atoms with Gasteiger partial charge in [0.05, 0.1) is 18.7 Å². The summed E-state index contributed by atoms with van der Waals surface area (Å²) >= 11 is 0. The van der Waals surface area contributed by atoms with Crippen molar-refractivity contribution < 1.29 is 4.74 Å². The summed E-state index contributed by atoms with van der Waals surface area (Å²) in [6.45, 7) is 3.28. The molecule has 6 nitrogen and oxygen atoms in total. The van der Waals surface area contributed by atoms with E-state index in [0.717, 1.165) is 54.5 Å². The Morgan fingerprint density at radius 1 is 0.941 bits per heavy atom. The number of ether oxygens (including phenoxy) is 1. The van der Waals surface area contributed by atoms with Crippen LogP contribution in [0.5, 0.6) is 0 Å². The smallest absolute Gasteiger partial charge is 0.225 e. The van der Waals surface area contributed by atoms with Crippen molar-refractivity contribution in [2.45, 2.75) is 38.3 Å². The van der Waals surface area contributed by atoms with Gasteiger partial charge in [0, 0.05) is 32.1 Å². The third-order valence-corrected chi connectivity index (χ3v) is 6.37. The van der Waals surface area contributed by atoms with Crippen molar-refractivity contribution in [2.24, 2.45) is 5.92 Å². The Morgan fingerprint density at radius 3 is 2.50 bits per heavy atom. The molecular formula is C28H37N5O. The molecule has 1 heterocycles. The monoisotopic (exact) mass is 459 g/mol. The quantitative estimate of drug-likeness (QED) is 0.310. The highest BCUT2D eigenvalue weighted by Crippen LogP contribution is 2.28. The van der Waals surface area contributed by atoms with Gasteiger partial charge in [0.2, 0.25) is 5.95 Å². The molecule has 6 heteroatoms. The Balaban J connectivity index is 1.14. The molecule has 0 radical (unpaired) electrons. The number of hydrogen-bond donors (Lipinski definition) is 2. The van der Waals surface area contributed by atoms with Crippen LogP contribution < -0.4 is 15.5 Å². The van der Waals surface area contributed by atoms with E-state index in [4.69, 9.17) is 14.7 Å². The Hall–Kier alpha value is -2.96. The highest BCUT2D eigenvalue weighted by molar-refractivity contribution is 5.90. The molecule has 34 heavy (non-hydrogen) atoms. The molecule has 0 aliphatic heterocycles. The number of fused-ring (bicyclic) bond motifs is 1. The van der Waals surface area contributed by atoms with E-state index in [2.05, 4.69) is 52.0 Å². The summed E-state index contributed by atoms with van der Waals surface area (Å²) in [5.41, 5.74) is 2.20. The molecule has 3 aromatic rings. The Morgan fingerprint density at radius 2 is 1.71 bits per heavy atom. The SMILES string of the molecule is CN(C)c1nc(NC2CCC(CNC/C=C\COCc3ccccc3)CC2)nc2ccccc12. The Bertz CT molecular complexity index is 1050. The van der Waals surface area contributed by atoms with Crippen molar-refractivity contribution in [1.29, 1.82) is 0 Å². The molecule has 1 aromatic heterocycles. The van der Waals surface area contributed by atoms with Crippen LogP contribution in [-0.2, 0) is 11.3 Å². The van der Waals surface area contributed by atoms with E-state index in [-0.39, 0.29) is 0 Å². The Labute approximate surface area is 203 Å². The number of anilines is 2. The summed E-state index contributed by atoms with van der Waals surface area (Å²) in [4.78, 5) is 11.6. The van der Waals surface area contributed by atoms with E-state index < -0.39 is 0 Å². The summed E-state index contributed by atoms with van der Waals surface area (Å²) in [5, 5.41) is 8.27. The van der Waals surface area contributed by atoms with Gasteiger partial charge in [-0.15, -0.1) is 0 Å². The van der Waals surface area contributed by atoms with Crippen molar-refractivity contribution in [3.8, 4) is 0 Å². The van der Waals surface area contributed by atoms with E-state index in [9.17, 15) is 0 Å². The lowest BCUT2D eigenvalue weighted by Gasteiger charge is -2.29. The first kappa shape index (κ1) is 24.2. The van der Waals surface area contributed by atoms with Crippen molar-refractivity contribution >= 4 is 22.7 Å². The summed E-state index contributed by atoms with van der Waals surface area (Å²) in [7, 11) is 4.06. The van der Waals surface area contributed by atoms with E-state index in [1.807, 2.05) is 44.4 Å². The predicted octanol–water partition coefficient (Wildman–Crippen LogP) is 5.03. The minimum atomic E-state index is 0.439. The molecule has 0 saturated heterocycles. The molecule has 1 aliphatic carbocycles. The number of para-hydroxylation sites is 1. The molecule has 4 rings (SSSR count). The van der Waals surface area contributed by atoms with Crippen LogP contribution in [0.2, 0.25) is 0 Å². The number of aromatic nitrogens is 2. The van der Waals surface area contributed by atoms with Gasteiger partial charge >= 0.3 is 0 Å². The fourth-order valence-electron chi connectivity index (χ4n) is 4.50. The second-order valence-corrected chi connectivity index (χ2v) is 9.27. The van der Waals surface area contributed by atoms with E-state index in [1.54, 1.807) is 0 Å². The lowest BCUT2D eigenvalue weighted by atomic mass is 9.86. The average molecular weight is 460 g/mol. The van der Waals surface area contributed by atoms with Gasteiger partial charge in [-0.05, 0) is 55.8 Å². The minimum Gasteiger partial charge on any atom is -0.373 e. The van der Waals surface area contributed by atoms with Gasteiger partial charge in [0.15, 0.2) is 0 Å². The average Bonchev–Trinajstić information content (AvgIpc) is 2.86. The maximum atomic E-state index is 5.69. The maximum Gasteiger partial charge on any atom is 0.225 e. The molecule has 2 aromatic carbocycles. The molecule has 0 atom stereocenters. The van der Waals surface area contributed by atoms with E-state index in [0.29, 0.717) is 19.3 Å². The number of nitrogens with zero attached hydrogens (tertiary/aromatic N) is 3. The van der Waals surface area contributed by atoms with Crippen molar-refractivity contribution in [2.75, 3.05) is 44.0 Å². The third kappa shape index (κ3) is 7.02. The first-order valence-electron chi connectivity index (χ1n) is 12.4. The molecule has 1 fully saturated rings. The molecule has 0 bridgehead atoms. The summed E-state index contributed by atoms with van der Waals surface area (Å²) in [6.07, 6.45) is 9.03.